The van der Waals surface area contributed by atoms with Gasteiger partial charge in [0.15, 0.2) is 11.5 Å². The third kappa shape index (κ3) is 2.57. The lowest BCUT2D eigenvalue weighted by atomic mass is 9.75. The van der Waals surface area contributed by atoms with Crippen LogP contribution >= 0.6 is 0 Å². The summed E-state index contributed by atoms with van der Waals surface area (Å²) in [7, 11) is 3.38. The van der Waals surface area contributed by atoms with E-state index in [0.29, 0.717) is 0 Å². The van der Waals surface area contributed by atoms with Gasteiger partial charge >= 0.3 is 0 Å². The first-order chi connectivity index (χ1) is 9.16. The van der Waals surface area contributed by atoms with Crippen LogP contribution in [0, 0.1) is 0 Å². The highest BCUT2D eigenvalue weighted by Crippen LogP contribution is 2.45. The predicted octanol–water partition coefficient (Wildman–Crippen LogP) is 3.38. The zero-order valence-electron chi connectivity index (χ0n) is 12.3. The summed E-state index contributed by atoms with van der Waals surface area (Å²) in [6.07, 6.45) is 6.70. The number of benzene rings is 1. The van der Waals surface area contributed by atoms with E-state index in [1.165, 1.54) is 24.8 Å². The first-order valence-electron chi connectivity index (χ1n) is 7.19. The van der Waals surface area contributed by atoms with Crippen molar-refractivity contribution >= 4 is 0 Å². The Morgan fingerprint density at radius 1 is 1.11 bits per heavy atom. The SMILES string of the molecule is CCc1ccc(OC)c(OC)c1C1(N)CCCCC1. The third-order valence-corrected chi connectivity index (χ3v) is 4.26. The molecular formula is C16H25NO2. The molecule has 1 saturated carbocycles. The fourth-order valence-electron chi connectivity index (χ4n) is 3.24. The Bertz CT molecular complexity index is 437. The van der Waals surface area contributed by atoms with E-state index >= 15 is 0 Å². The van der Waals surface area contributed by atoms with Crippen molar-refractivity contribution < 1.29 is 9.47 Å². The van der Waals surface area contributed by atoms with Crippen LogP contribution in [0.3, 0.4) is 0 Å². The molecule has 0 bridgehead atoms. The molecule has 0 saturated heterocycles. The maximum Gasteiger partial charge on any atom is 0.166 e. The largest absolute Gasteiger partial charge is 0.493 e. The summed E-state index contributed by atoms with van der Waals surface area (Å²) < 4.78 is 11.1. The molecule has 1 aromatic rings. The average Bonchev–Trinajstić information content (AvgIpc) is 2.46. The molecule has 1 aliphatic rings. The Labute approximate surface area is 116 Å². The van der Waals surface area contributed by atoms with E-state index in [2.05, 4.69) is 13.0 Å². The first kappa shape index (κ1) is 14.2. The van der Waals surface area contributed by atoms with Crippen LogP contribution in [-0.4, -0.2) is 14.2 Å². The van der Waals surface area contributed by atoms with Gasteiger partial charge in [0.05, 0.1) is 14.2 Å². The number of nitrogens with two attached hydrogens (primary N) is 1. The Balaban J connectivity index is 2.57. The summed E-state index contributed by atoms with van der Waals surface area (Å²) in [5, 5.41) is 0. The van der Waals surface area contributed by atoms with E-state index in [4.69, 9.17) is 15.2 Å². The summed E-state index contributed by atoms with van der Waals surface area (Å²) in [4.78, 5) is 0. The van der Waals surface area contributed by atoms with Crippen LogP contribution in [0.1, 0.15) is 50.2 Å². The number of methoxy groups -OCH3 is 2. The van der Waals surface area contributed by atoms with Crippen molar-refractivity contribution in [3.63, 3.8) is 0 Å². The molecule has 0 aliphatic heterocycles. The minimum Gasteiger partial charge on any atom is -0.493 e. The van der Waals surface area contributed by atoms with Crippen molar-refractivity contribution in [1.82, 2.24) is 0 Å². The van der Waals surface area contributed by atoms with Gasteiger partial charge in [0.2, 0.25) is 0 Å². The Kier molecular flexibility index (Phi) is 4.35. The van der Waals surface area contributed by atoms with Crippen molar-refractivity contribution in [1.29, 1.82) is 0 Å². The monoisotopic (exact) mass is 263 g/mol. The summed E-state index contributed by atoms with van der Waals surface area (Å²) in [5.41, 5.74) is 8.90. The van der Waals surface area contributed by atoms with Crippen LogP contribution < -0.4 is 15.2 Å². The lowest BCUT2D eigenvalue weighted by Gasteiger charge is -2.36. The molecule has 1 fully saturated rings. The Hall–Kier alpha value is -1.22. The van der Waals surface area contributed by atoms with Gasteiger partial charge in [-0.1, -0.05) is 32.3 Å². The molecule has 2 rings (SSSR count). The van der Waals surface area contributed by atoms with Crippen LogP contribution in [0.5, 0.6) is 11.5 Å². The maximum absolute atomic E-state index is 6.72. The van der Waals surface area contributed by atoms with Gasteiger partial charge < -0.3 is 15.2 Å². The molecule has 19 heavy (non-hydrogen) atoms. The third-order valence-electron chi connectivity index (χ3n) is 4.26. The van der Waals surface area contributed by atoms with Crippen LogP contribution in [-0.2, 0) is 12.0 Å². The summed E-state index contributed by atoms with van der Waals surface area (Å²) in [6.45, 7) is 2.16. The van der Waals surface area contributed by atoms with E-state index in [1.807, 2.05) is 6.07 Å². The summed E-state index contributed by atoms with van der Waals surface area (Å²) in [5.74, 6) is 1.61. The maximum atomic E-state index is 6.72. The molecule has 3 nitrogen and oxygen atoms in total. The van der Waals surface area contributed by atoms with Gasteiger partial charge in [0, 0.05) is 11.1 Å². The zero-order valence-corrected chi connectivity index (χ0v) is 12.3. The molecule has 2 N–H and O–H groups in total. The van der Waals surface area contributed by atoms with E-state index < -0.39 is 0 Å². The van der Waals surface area contributed by atoms with Gasteiger partial charge in [0.1, 0.15) is 0 Å². The number of rotatable bonds is 4. The standard InChI is InChI=1S/C16H25NO2/c1-4-12-8-9-13(18-2)15(19-3)14(12)16(17)10-6-5-7-11-16/h8-9H,4-7,10-11,17H2,1-3H3. The number of hydrogen-bond acceptors (Lipinski definition) is 3. The minimum atomic E-state index is -0.260. The van der Waals surface area contributed by atoms with Gasteiger partial charge in [0.25, 0.3) is 0 Å². The molecule has 0 unspecified atom stereocenters. The molecule has 0 spiro atoms. The first-order valence-corrected chi connectivity index (χ1v) is 7.19. The Morgan fingerprint density at radius 2 is 1.79 bits per heavy atom. The van der Waals surface area contributed by atoms with Crippen LogP contribution in [0.25, 0.3) is 0 Å². The van der Waals surface area contributed by atoms with Crippen molar-refractivity contribution in [3.05, 3.63) is 23.3 Å². The number of aryl methyl sites for hydroxylation is 1. The van der Waals surface area contributed by atoms with E-state index in [1.54, 1.807) is 14.2 Å². The number of hydrogen-bond donors (Lipinski definition) is 1. The molecular weight excluding hydrogens is 238 g/mol. The highest BCUT2D eigenvalue weighted by atomic mass is 16.5. The predicted molar refractivity (Wildman–Crippen MR) is 77.9 cm³/mol. The fourth-order valence-corrected chi connectivity index (χ4v) is 3.24. The number of ether oxygens (including phenoxy) is 2. The average molecular weight is 263 g/mol. The molecule has 0 aromatic heterocycles. The van der Waals surface area contributed by atoms with Crippen molar-refractivity contribution in [2.24, 2.45) is 5.73 Å². The summed E-state index contributed by atoms with van der Waals surface area (Å²) in [6, 6.07) is 4.10. The molecule has 0 heterocycles. The lowest BCUT2D eigenvalue weighted by Crippen LogP contribution is -2.40. The quantitative estimate of drug-likeness (QED) is 0.905. The minimum absolute atomic E-state index is 0.260. The second-order valence-corrected chi connectivity index (χ2v) is 5.41. The Morgan fingerprint density at radius 3 is 2.32 bits per heavy atom. The second kappa shape index (κ2) is 5.83. The molecule has 0 atom stereocenters. The van der Waals surface area contributed by atoms with Gasteiger partial charge in [-0.2, -0.15) is 0 Å². The smallest absolute Gasteiger partial charge is 0.166 e. The highest BCUT2D eigenvalue weighted by Gasteiger charge is 2.35. The molecule has 1 aromatic carbocycles. The fraction of sp³-hybridized carbons (Fsp3) is 0.625. The zero-order chi connectivity index (χ0) is 13.9. The van der Waals surface area contributed by atoms with Crippen molar-refractivity contribution in [3.8, 4) is 11.5 Å². The normalized spacial score (nSPS) is 18.1. The van der Waals surface area contributed by atoms with E-state index in [-0.39, 0.29) is 5.54 Å². The lowest BCUT2D eigenvalue weighted by molar-refractivity contribution is 0.280. The molecule has 3 heteroatoms. The van der Waals surface area contributed by atoms with Crippen LogP contribution in [0.2, 0.25) is 0 Å². The van der Waals surface area contributed by atoms with Gasteiger partial charge in [-0.25, -0.2) is 0 Å². The van der Waals surface area contributed by atoms with E-state index in [0.717, 1.165) is 36.3 Å². The van der Waals surface area contributed by atoms with Crippen LogP contribution in [0.15, 0.2) is 12.1 Å². The molecule has 0 amide bonds. The van der Waals surface area contributed by atoms with Crippen LogP contribution in [0.4, 0.5) is 0 Å². The summed E-state index contributed by atoms with van der Waals surface area (Å²) >= 11 is 0. The van der Waals surface area contributed by atoms with Gasteiger partial charge in [-0.3, -0.25) is 0 Å². The van der Waals surface area contributed by atoms with Gasteiger partial charge in [-0.15, -0.1) is 0 Å². The molecule has 1 aliphatic carbocycles. The highest BCUT2D eigenvalue weighted by molar-refractivity contribution is 5.54. The topological polar surface area (TPSA) is 44.5 Å². The second-order valence-electron chi connectivity index (χ2n) is 5.41. The molecule has 106 valence electrons. The van der Waals surface area contributed by atoms with Crippen molar-refractivity contribution in [2.45, 2.75) is 51.0 Å². The van der Waals surface area contributed by atoms with Crippen molar-refractivity contribution in [2.75, 3.05) is 14.2 Å². The molecule has 0 radical (unpaired) electrons. The van der Waals surface area contributed by atoms with Gasteiger partial charge in [-0.05, 0) is 30.9 Å². The van der Waals surface area contributed by atoms with E-state index in [9.17, 15) is 0 Å².